The number of nitriles is 1. The minimum Gasteiger partial charge on any atom is -0.358 e. The van der Waals surface area contributed by atoms with Crippen LogP contribution in [0.25, 0.3) is 0 Å². The van der Waals surface area contributed by atoms with Gasteiger partial charge in [-0.2, -0.15) is 5.26 Å². The normalized spacial score (nSPS) is 12.5. The average molecular weight is 295 g/mol. The highest BCUT2D eigenvalue weighted by Gasteiger charge is 2.07. The summed E-state index contributed by atoms with van der Waals surface area (Å²) >= 11 is 1.57. The zero-order valence-corrected chi connectivity index (χ0v) is 12.9. The third-order valence-electron chi connectivity index (χ3n) is 3.06. The van der Waals surface area contributed by atoms with Gasteiger partial charge >= 0.3 is 0 Å². The van der Waals surface area contributed by atoms with Gasteiger partial charge in [0.25, 0.3) is 0 Å². The van der Waals surface area contributed by atoms with Crippen LogP contribution < -0.4 is 5.32 Å². The summed E-state index contributed by atoms with van der Waals surface area (Å²) in [5, 5.41) is 13.1. The van der Waals surface area contributed by atoms with Crippen LogP contribution >= 0.6 is 11.8 Å². The summed E-state index contributed by atoms with van der Waals surface area (Å²) in [6.45, 7) is 2.11. The average Bonchev–Trinajstić information content (AvgIpc) is 2.55. The molecule has 2 aromatic rings. The van der Waals surface area contributed by atoms with Crippen LogP contribution in [0, 0.1) is 11.3 Å². The molecular weight excluding hydrogens is 278 g/mol. The molecule has 21 heavy (non-hydrogen) atoms. The van der Waals surface area contributed by atoms with Crippen molar-refractivity contribution in [2.75, 3.05) is 6.26 Å². The molecule has 0 saturated carbocycles. The number of rotatable bonds is 3. The first-order chi connectivity index (χ1) is 10.2. The monoisotopic (exact) mass is 295 g/mol. The molecule has 0 saturated heterocycles. The van der Waals surface area contributed by atoms with E-state index in [4.69, 9.17) is 5.26 Å². The van der Waals surface area contributed by atoms with Gasteiger partial charge in [-0.1, -0.05) is 42.1 Å². The number of nitrogens with zero attached hydrogens (tertiary/aromatic N) is 2. The lowest BCUT2D eigenvalue weighted by atomic mass is 10.1. The molecule has 106 valence electrons. The highest BCUT2D eigenvalue weighted by Crippen LogP contribution is 2.17. The standard InChI is InChI=1S/C17H17N3S/c1-13(15-6-4-3-5-7-15)19-17(21-2)20-16-10-8-14(12-18)9-11-16/h3-11,13H,1-2H3,(H,19,20)/t13-/m1/s1. The maximum absolute atomic E-state index is 8.80. The van der Waals surface area contributed by atoms with Crippen LogP contribution in [0.4, 0.5) is 5.69 Å². The molecule has 0 bridgehead atoms. The highest BCUT2D eigenvalue weighted by molar-refractivity contribution is 8.13. The largest absolute Gasteiger partial charge is 0.358 e. The number of aliphatic imine (C=N–C) groups is 1. The van der Waals surface area contributed by atoms with Gasteiger partial charge in [0.15, 0.2) is 5.17 Å². The zero-order valence-electron chi connectivity index (χ0n) is 12.1. The molecule has 3 nitrogen and oxygen atoms in total. The molecule has 0 radical (unpaired) electrons. The Kier molecular flexibility index (Phi) is 5.42. The Labute approximate surface area is 129 Å². The van der Waals surface area contributed by atoms with E-state index in [1.165, 1.54) is 5.56 Å². The fourth-order valence-corrected chi connectivity index (χ4v) is 2.37. The smallest absolute Gasteiger partial charge is 0.161 e. The Morgan fingerprint density at radius 3 is 2.38 bits per heavy atom. The van der Waals surface area contributed by atoms with E-state index in [0.29, 0.717) is 5.56 Å². The Balaban J connectivity index is 2.11. The molecule has 1 N–H and O–H groups in total. The minimum atomic E-state index is 0.191. The Hall–Kier alpha value is -2.25. The number of amidine groups is 1. The third-order valence-corrected chi connectivity index (χ3v) is 3.66. The topological polar surface area (TPSA) is 48.2 Å². The molecule has 0 unspecified atom stereocenters. The molecular formula is C17H17N3S. The molecule has 0 aliphatic carbocycles. The van der Waals surface area contributed by atoms with Gasteiger partial charge in [0.05, 0.1) is 23.4 Å². The second kappa shape index (κ2) is 7.51. The Morgan fingerprint density at radius 2 is 1.81 bits per heavy atom. The zero-order chi connectivity index (χ0) is 15.1. The van der Waals surface area contributed by atoms with Gasteiger partial charge in [-0.15, -0.1) is 0 Å². The van der Waals surface area contributed by atoms with E-state index in [-0.39, 0.29) is 6.04 Å². The van der Waals surface area contributed by atoms with E-state index in [2.05, 4.69) is 35.4 Å². The number of hydrogen-bond donors (Lipinski definition) is 1. The highest BCUT2D eigenvalue weighted by atomic mass is 32.2. The van der Waals surface area contributed by atoms with Gasteiger partial charge in [-0.3, -0.25) is 0 Å². The van der Waals surface area contributed by atoms with Gasteiger partial charge < -0.3 is 5.32 Å². The number of thioether (sulfide) groups is 1. The minimum absolute atomic E-state index is 0.191. The number of hydrogen-bond acceptors (Lipinski definition) is 3. The van der Waals surface area contributed by atoms with Crippen molar-refractivity contribution in [3.05, 3.63) is 65.7 Å². The first-order valence-electron chi connectivity index (χ1n) is 6.67. The molecule has 0 fully saturated rings. The van der Waals surface area contributed by atoms with E-state index in [9.17, 15) is 0 Å². The van der Waals surface area contributed by atoms with Gasteiger partial charge in [0.2, 0.25) is 0 Å². The van der Waals surface area contributed by atoms with Gasteiger partial charge in [-0.25, -0.2) is 4.99 Å². The van der Waals surface area contributed by atoms with Gasteiger partial charge in [0, 0.05) is 0 Å². The molecule has 0 heterocycles. The van der Waals surface area contributed by atoms with Crippen LogP contribution in [0.5, 0.6) is 0 Å². The molecule has 2 aromatic carbocycles. The fraction of sp³-hybridized carbons (Fsp3) is 0.176. The third kappa shape index (κ3) is 4.37. The van der Waals surface area contributed by atoms with Crippen LogP contribution in [0.2, 0.25) is 0 Å². The van der Waals surface area contributed by atoms with Crippen molar-refractivity contribution in [1.29, 1.82) is 5.26 Å². The fourth-order valence-electron chi connectivity index (χ4n) is 1.87. The van der Waals surface area contributed by atoms with Crippen molar-refractivity contribution in [2.45, 2.75) is 13.0 Å². The molecule has 2 rings (SSSR count). The van der Waals surface area contributed by atoms with E-state index in [0.717, 1.165) is 10.9 Å². The predicted octanol–water partition coefficient (Wildman–Crippen LogP) is 4.26. The molecule has 4 heteroatoms. The summed E-state index contributed by atoms with van der Waals surface area (Å²) in [6.07, 6.45) is 1.99. The second-order valence-electron chi connectivity index (χ2n) is 4.56. The van der Waals surface area contributed by atoms with E-state index >= 15 is 0 Å². The van der Waals surface area contributed by atoms with E-state index in [1.807, 2.05) is 36.6 Å². The van der Waals surface area contributed by atoms with Crippen LogP contribution in [0.3, 0.4) is 0 Å². The molecule has 0 aromatic heterocycles. The van der Waals surface area contributed by atoms with Crippen LogP contribution in [-0.4, -0.2) is 11.4 Å². The Morgan fingerprint density at radius 1 is 1.14 bits per heavy atom. The van der Waals surface area contributed by atoms with Crippen molar-refractivity contribution in [2.24, 2.45) is 4.99 Å². The maximum atomic E-state index is 8.80. The predicted molar refractivity (Wildman–Crippen MR) is 89.8 cm³/mol. The van der Waals surface area contributed by atoms with Crippen LogP contribution in [0.15, 0.2) is 59.6 Å². The van der Waals surface area contributed by atoms with Crippen LogP contribution in [0.1, 0.15) is 24.1 Å². The van der Waals surface area contributed by atoms with Crippen LogP contribution in [-0.2, 0) is 0 Å². The van der Waals surface area contributed by atoms with Crippen molar-refractivity contribution in [3.8, 4) is 6.07 Å². The summed E-state index contributed by atoms with van der Waals surface area (Å²) in [5.74, 6) is 0. The molecule has 0 amide bonds. The lowest BCUT2D eigenvalue weighted by Crippen LogP contribution is -2.23. The lowest BCUT2D eigenvalue weighted by Gasteiger charge is -2.16. The first kappa shape index (κ1) is 15.1. The summed E-state index contributed by atoms with van der Waals surface area (Å²) in [7, 11) is 0. The van der Waals surface area contributed by atoms with Gasteiger partial charge in [-0.05, 0) is 43.0 Å². The molecule has 0 aliphatic heterocycles. The van der Waals surface area contributed by atoms with E-state index < -0.39 is 0 Å². The first-order valence-corrected chi connectivity index (χ1v) is 7.89. The summed E-state index contributed by atoms with van der Waals surface area (Å²) in [5.41, 5.74) is 2.70. The number of nitrogens with one attached hydrogen (secondary N) is 1. The second-order valence-corrected chi connectivity index (χ2v) is 5.35. The van der Waals surface area contributed by atoms with Crippen molar-refractivity contribution in [1.82, 2.24) is 5.32 Å². The summed E-state index contributed by atoms with van der Waals surface area (Å²) in [6, 6.07) is 19.8. The summed E-state index contributed by atoms with van der Waals surface area (Å²) in [4.78, 5) is 4.58. The molecule has 0 spiro atoms. The molecule has 0 aliphatic rings. The summed E-state index contributed by atoms with van der Waals surface area (Å²) < 4.78 is 0. The van der Waals surface area contributed by atoms with Crippen molar-refractivity contribution >= 4 is 22.6 Å². The van der Waals surface area contributed by atoms with Crippen molar-refractivity contribution < 1.29 is 0 Å². The van der Waals surface area contributed by atoms with E-state index in [1.54, 1.807) is 23.9 Å². The molecule has 1 atom stereocenters. The number of benzene rings is 2. The SMILES string of the molecule is CSC(=Nc1ccc(C#N)cc1)N[C@H](C)c1ccccc1. The Bertz CT molecular complexity index is 642. The lowest BCUT2D eigenvalue weighted by molar-refractivity contribution is 0.724. The maximum Gasteiger partial charge on any atom is 0.161 e. The van der Waals surface area contributed by atoms with Gasteiger partial charge in [0.1, 0.15) is 0 Å². The quantitative estimate of drug-likeness (QED) is 0.680. The van der Waals surface area contributed by atoms with Crippen molar-refractivity contribution in [3.63, 3.8) is 0 Å².